The van der Waals surface area contributed by atoms with Crippen LogP contribution in [0.25, 0.3) is 0 Å². The molecular weight excluding hydrogens is 322 g/mol. The standard InChI is InChI=1S/C18H23N3O2S/c1-14-10-20(17-6-4-3-5-16(14)17)11-15-9-19-21(12-15)18(2)7-8-24(22,23)13-18/h3-6,9,12,14H,7-8,10-11,13H2,1-2H3. The Balaban J connectivity index is 1.55. The second kappa shape index (κ2) is 5.34. The van der Waals surface area contributed by atoms with Gasteiger partial charge in [-0.05, 0) is 25.0 Å². The van der Waals surface area contributed by atoms with E-state index in [0.717, 1.165) is 18.7 Å². The van der Waals surface area contributed by atoms with Gasteiger partial charge in [0.1, 0.15) is 0 Å². The van der Waals surface area contributed by atoms with Crippen LogP contribution in [0, 0.1) is 0 Å². The lowest BCUT2D eigenvalue weighted by molar-refractivity contribution is 0.328. The lowest BCUT2D eigenvalue weighted by atomic mass is 10.0. The number of sulfone groups is 1. The minimum absolute atomic E-state index is 0.185. The van der Waals surface area contributed by atoms with E-state index >= 15 is 0 Å². The number of aromatic nitrogens is 2. The fourth-order valence-electron chi connectivity index (χ4n) is 4.00. The van der Waals surface area contributed by atoms with Crippen LogP contribution in [0.1, 0.15) is 37.3 Å². The van der Waals surface area contributed by atoms with Crippen molar-refractivity contribution in [2.24, 2.45) is 0 Å². The summed E-state index contributed by atoms with van der Waals surface area (Å²) >= 11 is 0. The molecule has 0 spiro atoms. The summed E-state index contributed by atoms with van der Waals surface area (Å²) in [6.07, 6.45) is 4.54. The second-order valence-corrected chi connectivity index (χ2v) is 9.66. The average molecular weight is 345 g/mol. The molecule has 3 heterocycles. The number of hydrogen-bond donors (Lipinski definition) is 0. The van der Waals surface area contributed by atoms with E-state index in [1.807, 2.05) is 24.0 Å². The van der Waals surface area contributed by atoms with Crippen molar-refractivity contribution in [1.29, 1.82) is 0 Å². The van der Waals surface area contributed by atoms with E-state index in [9.17, 15) is 8.42 Å². The first-order chi connectivity index (χ1) is 11.4. The molecule has 0 aliphatic carbocycles. The van der Waals surface area contributed by atoms with Crippen LogP contribution in [0.3, 0.4) is 0 Å². The maximum absolute atomic E-state index is 11.8. The van der Waals surface area contributed by atoms with Gasteiger partial charge < -0.3 is 4.90 Å². The zero-order valence-corrected chi connectivity index (χ0v) is 15.0. The van der Waals surface area contributed by atoms with Gasteiger partial charge in [0.2, 0.25) is 0 Å². The number of rotatable bonds is 3. The third-order valence-corrected chi connectivity index (χ3v) is 7.24. The highest BCUT2D eigenvalue weighted by atomic mass is 32.2. The number of para-hydroxylation sites is 1. The van der Waals surface area contributed by atoms with Gasteiger partial charge in [-0.3, -0.25) is 4.68 Å². The number of benzene rings is 1. The molecule has 2 aromatic rings. The van der Waals surface area contributed by atoms with Gasteiger partial charge in [-0.15, -0.1) is 0 Å². The van der Waals surface area contributed by atoms with Gasteiger partial charge in [0.25, 0.3) is 0 Å². The number of anilines is 1. The van der Waals surface area contributed by atoms with Crippen molar-refractivity contribution in [1.82, 2.24) is 9.78 Å². The molecule has 1 saturated heterocycles. The van der Waals surface area contributed by atoms with Crippen molar-refractivity contribution >= 4 is 15.5 Å². The van der Waals surface area contributed by atoms with Gasteiger partial charge >= 0.3 is 0 Å². The number of fused-ring (bicyclic) bond motifs is 1. The molecule has 0 amide bonds. The fourth-order valence-corrected chi connectivity index (χ4v) is 6.12. The highest BCUT2D eigenvalue weighted by Gasteiger charge is 2.40. The molecule has 0 radical (unpaired) electrons. The SMILES string of the molecule is CC1CN(Cc2cnn(C3(C)CCS(=O)(=O)C3)c2)c2ccccc21. The van der Waals surface area contributed by atoms with Gasteiger partial charge in [-0.2, -0.15) is 5.10 Å². The summed E-state index contributed by atoms with van der Waals surface area (Å²) in [7, 11) is -2.93. The Morgan fingerprint density at radius 3 is 2.88 bits per heavy atom. The van der Waals surface area contributed by atoms with E-state index in [1.165, 1.54) is 11.3 Å². The summed E-state index contributed by atoms with van der Waals surface area (Å²) in [6, 6.07) is 8.55. The Hall–Kier alpha value is -1.82. The van der Waals surface area contributed by atoms with Crippen molar-refractivity contribution < 1.29 is 8.42 Å². The predicted molar refractivity (Wildman–Crippen MR) is 95.1 cm³/mol. The van der Waals surface area contributed by atoms with Crippen LogP contribution in [-0.4, -0.2) is 36.2 Å². The first-order valence-corrected chi connectivity index (χ1v) is 10.3. The summed E-state index contributed by atoms with van der Waals surface area (Å²) in [5, 5.41) is 4.48. The Bertz CT molecular complexity index is 874. The topological polar surface area (TPSA) is 55.2 Å². The monoisotopic (exact) mass is 345 g/mol. The second-order valence-electron chi connectivity index (χ2n) is 7.47. The third kappa shape index (κ3) is 2.62. The van der Waals surface area contributed by atoms with Crippen LogP contribution in [0.15, 0.2) is 36.7 Å². The smallest absolute Gasteiger partial charge is 0.152 e. The lowest BCUT2D eigenvalue weighted by Gasteiger charge is -2.23. The van der Waals surface area contributed by atoms with Crippen LogP contribution < -0.4 is 4.90 Å². The van der Waals surface area contributed by atoms with Gasteiger partial charge in [0.05, 0.1) is 23.2 Å². The van der Waals surface area contributed by atoms with Crippen molar-refractivity contribution in [3.05, 3.63) is 47.8 Å². The van der Waals surface area contributed by atoms with Crippen molar-refractivity contribution in [3.8, 4) is 0 Å². The summed E-state index contributed by atoms with van der Waals surface area (Å²) in [6.45, 7) is 6.06. The molecule has 6 heteroatoms. The molecule has 2 aliphatic rings. The molecule has 1 fully saturated rings. The van der Waals surface area contributed by atoms with Crippen molar-refractivity contribution in [2.45, 2.75) is 38.3 Å². The largest absolute Gasteiger partial charge is 0.366 e. The van der Waals surface area contributed by atoms with E-state index in [1.54, 1.807) is 0 Å². The van der Waals surface area contributed by atoms with E-state index in [2.05, 4.69) is 41.2 Å². The Morgan fingerprint density at radius 1 is 1.33 bits per heavy atom. The summed E-state index contributed by atoms with van der Waals surface area (Å²) in [5.74, 6) is 0.981. The molecule has 5 nitrogen and oxygen atoms in total. The van der Waals surface area contributed by atoms with E-state index < -0.39 is 15.4 Å². The Kier molecular flexibility index (Phi) is 3.49. The molecule has 24 heavy (non-hydrogen) atoms. The summed E-state index contributed by atoms with van der Waals surface area (Å²) in [5.41, 5.74) is 3.42. The van der Waals surface area contributed by atoms with Gasteiger partial charge in [-0.1, -0.05) is 25.1 Å². The van der Waals surface area contributed by atoms with E-state index in [4.69, 9.17) is 0 Å². The van der Waals surface area contributed by atoms with Crippen LogP contribution in [-0.2, 0) is 21.9 Å². The fraction of sp³-hybridized carbons (Fsp3) is 0.500. The Morgan fingerprint density at radius 2 is 2.12 bits per heavy atom. The summed E-state index contributed by atoms with van der Waals surface area (Å²) in [4.78, 5) is 2.38. The molecule has 4 rings (SSSR count). The molecule has 128 valence electrons. The molecule has 1 aromatic carbocycles. The highest BCUT2D eigenvalue weighted by molar-refractivity contribution is 7.91. The molecule has 0 bridgehead atoms. The average Bonchev–Trinajstić information content (AvgIpc) is 3.19. The quantitative estimate of drug-likeness (QED) is 0.858. The maximum Gasteiger partial charge on any atom is 0.152 e. The minimum atomic E-state index is -2.93. The zero-order valence-electron chi connectivity index (χ0n) is 14.1. The highest BCUT2D eigenvalue weighted by Crippen LogP contribution is 2.37. The molecule has 2 aliphatic heterocycles. The van der Waals surface area contributed by atoms with Gasteiger partial charge in [0.15, 0.2) is 9.84 Å². The normalized spacial score (nSPS) is 28.2. The first kappa shape index (κ1) is 15.7. The van der Waals surface area contributed by atoms with E-state index in [-0.39, 0.29) is 11.5 Å². The Labute approximate surface area is 143 Å². The van der Waals surface area contributed by atoms with Gasteiger partial charge in [-0.25, -0.2) is 8.42 Å². The van der Waals surface area contributed by atoms with Crippen LogP contribution in [0.4, 0.5) is 5.69 Å². The summed E-state index contributed by atoms with van der Waals surface area (Å²) < 4.78 is 25.5. The van der Waals surface area contributed by atoms with Crippen LogP contribution in [0.2, 0.25) is 0 Å². The van der Waals surface area contributed by atoms with Crippen LogP contribution >= 0.6 is 0 Å². The molecule has 0 saturated carbocycles. The maximum atomic E-state index is 11.8. The van der Waals surface area contributed by atoms with E-state index in [0.29, 0.717) is 12.3 Å². The number of nitrogens with zero attached hydrogens (tertiary/aromatic N) is 3. The van der Waals surface area contributed by atoms with Gasteiger partial charge in [0, 0.05) is 36.5 Å². The third-order valence-electron chi connectivity index (χ3n) is 5.35. The molecule has 2 unspecified atom stereocenters. The van der Waals surface area contributed by atoms with Crippen molar-refractivity contribution in [3.63, 3.8) is 0 Å². The number of hydrogen-bond acceptors (Lipinski definition) is 4. The molecule has 0 N–H and O–H groups in total. The first-order valence-electron chi connectivity index (χ1n) is 8.45. The lowest BCUT2D eigenvalue weighted by Crippen LogP contribution is -2.31. The van der Waals surface area contributed by atoms with Crippen LogP contribution in [0.5, 0.6) is 0 Å². The van der Waals surface area contributed by atoms with Crippen molar-refractivity contribution in [2.75, 3.05) is 23.0 Å². The minimum Gasteiger partial charge on any atom is -0.366 e. The molecule has 2 atom stereocenters. The zero-order chi connectivity index (χ0) is 16.9. The molecular formula is C18H23N3O2S. The predicted octanol–water partition coefficient (Wildman–Crippen LogP) is 2.54. The molecule has 1 aromatic heterocycles.